The fraction of sp³-hybridized carbons (Fsp3) is 0.636. The first-order valence-corrected chi connectivity index (χ1v) is 6.16. The van der Waals surface area contributed by atoms with E-state index in [1.165, 1.54) is 13.8 Å². The van der Waals surface area contributed by atoms with Gasteiger partial charge in [0.05, 0.1) is 13.2 Å². The van der Waals surface area contributed by atoms with E-state index in [-0.39, 0.29) is 6.54 Å². The molecular formula is C11H20N4O6. The predicted molar refractivity (Wildman–Crippen MR) is 70.9 cm³/mol. The lowest BCUT2D eigenvalue weighted by atomic mass is 10.2. The molecule has 0 aliphatic rings. The number of carboxylic acids is 1. The van der Waals surface area contributed by atoms with Gasteiger partial charge in [0, 0.05) is 0 Å². The molecule has 120 valence electrons. The van der Waals surface area contributed by atoms with Crippen molar-refractivity contribution in [3.05, 3.63) is 0 Å². The van der Waals surface area contributed by atoms with Crippen molar-refractivity contribution < 1.29 is 29.4 Å². The number of aliphatic hydroxyl groups is 1. The van der Waals surface area contributed by atoms with Crippen molar-refractivity contribution in [1.82, 2.24) is 16.0 Å². The summed E-state index contributed by atoms with van der Waals surface area (Å²) in [4.78, 5) is 45.0. The molecule has 10 nitrogen and oxygen atoms in total. The topological polar surface area (TPSA) is 171 Å². The predicted octanol–water partition coefficient (Wildman–Crippen LogP) is -3.48. The molecule has 0 rings (SSSR count). The number of amides is 3. The number of carboxylic acid groups (broad SMARTS) is 1. The third kappa shape index (κ3) is 6.68. The van der Waals surface area contributed by atoms with Crippen LogP contribution in [-0.4, -0.2) is 65.2 Å². The van der Waals surface area contributed by atoms with Crippen LogP contribution in [0.2, 0.25) is 0 Å². The lowest BCUT2D eigenvalue weighted by Gasteiger charge is -2.19. The Hall–Kier alpha value is -2.20. The highest BCUT2D eigenvalue weighted by Crippen LogP contribution is 1.90. The number of carbonyl (C=O) groups is 4. The molecular weight excluding hydrogens is 284 g/mol. The minimum atomic E-state index is -1.45. The van der Waals surface area contributed by atoms with Gasteiger partial charge in [-0.3, -0.25) is 14.4 Å². The van der Waals surface area contributed by atoms with Crippen LogP contribution in [0.5, 0.6) is 0 Å². The molecule has 21 heavy (non-hydrogen) atoms. The first-order chi connectivity index (χ1) is 9.72. The zero-order valence-corrected chi connectivity index (χ0v) is 11.8. The second-order valence-corrected chi connectivity index (χ2v) is 4.31. The Balaban J connectivity index is 4.43. The Morgan fingerprint density at radius 3 is 1.90 bits per heavy atom. The molecule has 0 heterocycles. The molecule has 0 unspecified atom stereocenters. The monoisotopic (exact) mass is 304 g/mol. The molecule has 3 atom stereocenters. The largest absolute Gasteiger partial charge is 0.480 e. The summed E-state index contributed by atoms with van der Waals surface area (Å²) >= 11 is 0. The number of nitrogens with one attached hydrogen (secondary N) is 3. The van der Waals surface area contributed by atoms with Crippen molar-refractivity contribution >= 4 is 23.7 Å². The van der Waals surface area contributed by atoms with Gasteiger partial charge in [0.25, 0.3) is 0 Å². The van der Waals surface area contributed by atoms with Crippen molar-refractivity contribution in [3.63, 3.8) is 0 Å². The van der Waals surface area contributed by atoms with Crippen LogP contribution in [0.25, 0.3) is 0 Å². The summed E-state index contributed by atoms with van der Waals surface area (Å²) in [5, 5.41) is 24.1. The van der Waals surface area contributed by atoms with Crippen LogP contribution in [0.15, 0.2) is 0 Å². The average molecular weight is 304 g/mol. The molecule has 0 aliphatic heterocycles. The van der Waals surface area contributed by atoms with Crippen molar-refractivity contribution in [2.45, 2.75) is 32.0 Å². The maximum atomic E-state index is 11.7. The molecule has 0 aromatic rings. The SMILES string of the molecule is C[C@H](NC(=O)CN)C(=O)N[C@@H](C)C(=O)N[C@@H](CO)C(=O)O. The van der Waals surface area contributed by atoms with Gasteiger partial charge in [-0.2, -0.15) is 0 Å². The summed E-state index contributed by atoms with van der Waals surface area (Å²) in [6.45, 7) is 1.69. The van der Waals surface area contributed by atoms with Crippen LogP contribution >= 0.6 is 0 Å². The fourth-order valence-electron chi connectivity index (χ4n) is 1.25. The Labute approximate surface area is 121 Å². The van der Waals surface area contributed by atoms with Crippen molar-refractivity contribution in [1.29, 1.82) is 0 Å². The van der Waals surface area contributed by atoms with Crippen LogP contribution < -0.4 is 21.7 Å². The molecule has 0 radical (unpaired) electrons. The van der Waals surface area contributed by atoms with Gasteiger partial charge in [-0.25, -0.2) is 4.79 Å². The summed E-state index contributed by atoms with van der Waals surface area (Å²) in [6.07, 6.45) is 0. The number of rotatable bonds is 8. The molecule has 0 saturated heterocycles. The lowest BCUT2D eigenvalue weighted by molar-refractivity contribution is -0.143. The van der Waals surface area contributed by atoms with Crippen LogP contribution in [0, 0.1) is 0 Å². The molecule has 7 N–H and O–H groups in total. The van der Waals surface area contributed by atoms with Gasteiger partial charge >= 0.3 is 5.97 Å². The number of aliphatic carboxylic acids is 1. The van der Waals surface area contributed by atoms with Crippen LogP contribution in [0.4, 0.5) is 0 Å². The molecule has 0 fully saturated rings. The average Bonchev–Trinajstić information content (AvgIpc) is 2.43. The zero-order chi connectivity index (χ0) is 16.6. The van der Waals surface area contributed by atoms with Crippen molar-refractivity contribution in [2.75, 3.05) is 13.2 Å². The maximum absolute atomic E-state index is 11.7. The van der Waals surface area contributed by atoms with E-state index in [1.54, 1.807) is 0 Å². The summed E-state index contributed by atoms with van der Waals surface area (Å²) in [7, 11) is 0. The molecule has 0 spiro atoms. The molecule has 10 heteroatoms. The smallest absolute Gasteiger partial charge is 0.328 e. The van der Waals surface area contributed by atoms with Gasteiger partial charge in [0.2, 0.25) is 17.7 Å². The standard InChI is InChI=1S/C11H20N4O6/c1-5(13-8(17)3-12)9(18)14-6(2)10(19)15-7(4-16)11(20)21/h5-7,16H,3-4,12H2,1-2H3,(H,13,17)(H,14,18)(H,15,19)(H,20,21)/t5-,6-,7-/m0/s1. The highest BCUT2D eigenvalue weighted by atomic mass is 16.4. The van der Waals surface area contributed by atoms with Gasteiger partial charge in [-0.1, -0.05) is 0 Å². The van der Waals surface area contributed by atoms with E-state index in [1.807, 2.05) is 0 Å². The van der Waals surface area contributed by atoms with Gasteiger partial charge in [-0.15, -0.1) is 0 Å². The number of nitrogens with two attached hydrogens (primary N) is 1. The Kier molecular flexibility index (Phi) is 7.94. The first kappa shape index (κ1) is 18.8. The van der Waals surface area contributed by atoms with E-state index in [0.29, 0.717) is 0 Å². The van der Waals surface area contributed by atoms with Crippen LogP contribution in [-0.2, 0) is 19.2 Å². The highest BCUT2D eigenvalue weighted by Gasteiger charge is 2.24. The van der Waals surface area contributed by atoms with Gasteiger partial charge in [0.1, 0.15) is 18.1 Å². The second kappa shape index (κ2) is 8.87. The normalized spacial score (nSPS) is 14.5. The molecule has 0 aromatic carbocycles. The molecule has 3 amide bonds. The Morgan fingerprint density at radius 1 is 1.00 bits per heavy atom. The summed E-state index contributed by atoms with van der Waals surface area (Å²) in [6, 6.07) is -3.39. The first-order valence-electron chi connectivity index (χ1n) is 6.16. The minimum absolute atomic E-state index is 0.273. The van der Waals surface area contributed by atoms with Gasteiger partial charge in [0.15, 0.2) is 0 Å². The summed E-state index contributed by atoms with van der Waals surface area (Å²) in [5.74, 6) is -3.33. The van der Waals surface area contributed by atoms with Crippen molar-refractivity contribution in [2.24, 2.45) is 5.73 Å². The van der Waals surface area contributed by atoms with E-state index in [9.17, 15) is 19.2 Å². The van der Waals surface area contributed by atoms with E-state index in [2.05, 4.69) is 16.0 Å². The van der Waals surface area contributed by atoms with Crippen LogP contribution in [0.1, 0.15) is 13.8 Å². The summed E-state index contributed by atoms with van der Waals surface area (Å²) in [5.41, 5.74) is 5.08. The lowest BCUT2D eigenvalue weighted by Crippen LogP contribution is -2.55. The highest BCUT2D eigenvalue weighted by molar-refractivity contribution is 5.93. The van der Waals surface area contributed by atoms with Gasteiger partial charge < -0.3 is 31.9 Å². The molecule has 0 saturated carbocycles. The van der Waals surface area contributed by atoms with E-state index < -0.39 is 48.4 Å². The van der Waals surface area contributed by atoms with E-state index >= 15 is 0 Å². The van der Waals surface area contributed by atoms with Crippen LogP contribution in [0.3, 0.4) is 0 Å². The zero-order valence-electron chi connectivity index (χ0n) is 11.8. The maximum Gasteiger partial charge on any atom is 0.328 e. The molecule has 0 aromatic heterocycles. The molecule has 0 aliphatic carbocycles. The van der Waals surface area contributed by atoms with E-state index in [4.69, 9.17) is 15.9 Å². The number of carbonyl (C=O) groups excluding carboxylic acids is 3. The number of aliphatic hydroxyl groups excluding tert-OH is 1. The number of hydrogen-bond acceptors (Lipinski definition) is 6. The third-order valence-electron chi connectivity index (χ3n) is 2.51. The fourth-order valence-corrected chi connectivity index (χ4v) is 1.25. The van der Waals surface area contributed by atoms with Crippen molar-refractivity contribution in [3.8, 4) is 0 Å². The molecule has 0 bridgehead atoms. The summed E-state index contributed by atoms with van der Waals surface area (Å²) < 4.78 is 0. The minimum Gasteiger partial charge on any atom is -0.480 e. The third-order valence-corrected chi connectivity index (χ3v) is 2.51. The second-order valence-electron chi connectivity index (χ2n) is 4.31. The number of hydrogen-bond donors (Lipinski definition) is 6. The van der Waals surface area contributed by atoms with Gasteiger partial charge in [-0.05, 0) is 13.8 Å². The Morgan fingerprint density at radius 2 is 1.48 bits per heavy atom. The Bertz CT molecular complexity index is 414. The quantitative estimate of drug-likeness (QED) is 0.270. The van der Waals surface area contributed by atoms with E-state index in [0.717, 1.165) is 0 Å².